The van der Waals surface area contributed by atoms with E-state index >= 15 is 0 Å². The molecule has 0 radical (unpaired) electrons. The van der Waals surface area contributed by atoms with Gasteiger partial charge in [-0.3, -0.25) is 15.1 Å². The van der Waals surface area contributed by atoms with Crippen molar-refractivity contribution in [2.45, 2.75) is 51.4 Å². The maximum absolute atomic E-state index is 12.3. The van der Waals surface area contributed by atoms with Crippen LogP contribution in [0, 0.1) is 0 Å². The van der Waals surface area contributed by atoms with Crippen molar-refractivity contribution < 1.29 is 9.53 Å². The zero-order chi connectivity index (χ0) is 24.5. The number of nitrogens with two attached hydrogens (primary N) is 4. The van der Waals surface area contributed by atoms with Gasteiger partial charge in [-0.05, 0) is 80.7 Å². The summed E-state index contributed by atoms with van der Waals surface area (Å²) in [5.41, 5.74) is 26.6. The van der Waals surface area contributed by atoms with E-state index in [-0.39, 0.29) is 28.4 Å². The summed E-state index contributed by atoms with van der Waals surface area (Å²) in [5.74, 6) is 0.163. The van der Waals surface area contributed by atoms with E-state index in [0.717, 1.165) is 44.3 Å². The standard InChI is InChI=1S/C23H33ClN8O2/c24-19-21(27)31-20(26)18(30-19)22(33)32-23(28)29-12-4-3-6-14-9-10-17(34-13-5-11-25)16-8-2-1-7-15(14)16/h9-10H,1-8,11-13,25H2,(H4,26,27,31)(H3,28,29,32,33). The summed E-state index contributed by atoms with van der Waals surface area (Å²) >= 11 is 5.81. The number of halogens is 1. The number of carbonyl (C=O) groups is 1. The van der Waals surface area contributed by atoms with Gasteiger partial charge in [-0.1, -0.05) is 17.7 Å². The maximum atomic E-state index is 12.3. The smallest absolute Gasteiger partial charge is 0.280 e. The van der Waals surface area contributed by atoms with Gasteiger partial charge in [0.05, 0.1) is 6.61 Å². The summed E-state index contributed by atoms with van der Waals surface area (Å²) in [7, 11) is 0. The Kier molecular flexibility index (Phi) is 9.29. The number of anilines is 2. The van der Waals surface area contributed by atoms with Crippen molar-refractivity contribution in [3.8, 4) is 5.75 Å². The average molecular weight is 489 g/mol. The molecule has 34 heavy (non-hydrogen) atoms. The summed E-state index contributed by atoms with van der Waals surface area (Å²) in [4.78, 5) is 24.1. The van der Waals surface area contributed by atoms with E-state index in [1.807, 2.05) is 0 Å². The number of fused-ring (bicyclic) bond motifs is 1. The maximum Gasteiger partial charge on any atom is 0.280 e. The number of unbranched alkanes of at least 4 members (excludes halogenated alkanes) is 1. The van der Waals surface area contributed by atoms with Crippen LogP contribution >= 0.6 is 11.6 Å². The van der Waals surface area contributed by atoms with Gasteiger partial charge in [-0.25, -0.2) is 9.97 Å². The molecule has 1 amide bonds. The van der Waals surface area contributed by atoms with E-state index in [0.29, 0.717) is 19.7 Å². The second-order valence-corrected chi connectivity index (χ2v) is 8.55. The van der Waals surface area contributed by atoms with Gasteiger partial charge in [0.25, 0.3) is 5.91 Å². The minimum Gasteiger partial charge on any atom is -0.493 e. The molecule has 0 saturated carbocycles. The number of hydrogen-bond donors (Lipinski definition) is 5. The molecule has 0 fully saturated rings. The molecule has 1 aliphatic carbocycles. The number of nitrogens with one attached hydrogen (secondary N) is 1. The number of carbonyl (C=O) groups excluding carboxylic acids is 1. The van der Waals surface area contributed by atoms with Gasteiger partial charge in [0.1, 0.15) is 5.75 Å². The molecule has 0 spiro atoms. The van der Waals surface area contributed by atoms with Crippen LogP contribution in [0.4, 0.5) is 11.6 Å². The van der Waals surface area contributed by atoms with Gasteiger partial charge in [0, 0.05) is 6.54 Å². The zero-order valence-electron chi connectivity index (χ0n) is 19.3. The Morgan fingerprint density at radius 3 is 2.62 bits per heavy atom. The number of aryl methyl sites for hydroxylation is 1. The van der Waals surface area contributed by atoms with Crippen LogP contribution in [-0.2, 0) is 19.3 Å². The molecule has 10 nitrogen and oxygen atoms in total. The van der Waals surface area contributed by atoms with Crippen molar-refractivity contribution in [2.24, 2.45) is 16.5 Å². The number of hydrogen-bond acceptors (Lipinski definition) is 8. The van der Waals surface area contributed by atoms with Gasteiger partial charge in [0.2, 0.25) is 0 Å². The molecule has 1 aromatic carbocycles. The first kappa shape index (κ1) is 25.5. The van der Waals surface area contributed by atoms with E-state index in [9.17, 15) is 4.79 Å². The number of benzene rings is 1. The van der Waals surface area contributed by atoms with Crippen molar-refractivity contribution in [1.29, 1.82) is 0 Å². The Morgan fingerprint density at radius 2 is 1.85 bits per heavy atom. The van der Waals surface area contributed by atoms with Crippen LogP contribution in [0.5, 0.6) is 5.75 Å². The molecule has 0 aliphatic heterocycles. The van der Waals surface area contributed by atoms with Crippen molar-refractivity contribution in [3.05, 3.63) is 39.7 Å². The molecule has 9 N–H and O–H groups in total. The molecule has 1 aliphatic rings. The quantitative estimate of drug-likeness (QED) is 0.191. The number of amides is 1. The minimum atomic E-state index is -0.645. The van der Waals surface area contributed by atoms with Crippen LogP contribution in [0.1, 0.15) is 59.3 Å². The normalized spacial score (nSPS) is 13.4. The van der Waals surface area contributed by atoms with Crippen LogP contribution in [0.2, 0.25) is 5.15 Å². The lowest BCUT2D eigenvalue weighted by Gasteiger charge is -2.23. The van der Waals surface area contributed by atoms with E-state index in [2.05, 4.69) is 32.4 Å². The highest BCUT2D eigenvalue weighted by molar-refractivity contribution is 6.31. The molecule has 11 heteroatoms. The number of nitrogen functional groups attached to an aromatic ring is 2. The first-order valence-corrected chi connectivity index (χ1v) is 11.9. The summed E-state index contributed by atoms with van der Waals surface area (Å²) in [5, 5.41) is 2.34. The number of rotatable bonds is 10. The molecule has 0 unspecified atom stereocenters. The fourth-order valence-electron chi connectivity index (χ4n) is 3.99. The van der Waals surface area contributed by atoms with Crippen LogP contribution in [0.15, 0.2) is 17.1 Å². The fraction of sp³-hybridized carbons (Fsp3) is 0.478. The summed E-state index contributed by atoms with van der Waals surface area (Å²) < 4.78 is 5.98. The second kappa shape index (κ2) is 12.4. The van der Waals surface area contributed by atoms with E-state index in [1.54, 1.807) is 0 Å². The van der Waals surface area contributed by atoms with Crippen LogP contribution in [-0.4, -0.2) is 41.5 Å². The van der Waals surface area contributed by atoms with Crippen molar-refractivity contribution >= 4 is 35.1 Å². The number of ether oxygens (including phenoxy) is 1. The lowest BCUT2D eigenvalue weighted by molar-refractivity contribution is 0.0972. The lowest BCUT2D eigenvalue weighted by Crippen LogP contribution is -2.38. The Hall–Kier alpha value is -3.11. The molecule has 0 bridgehead atoms. The molecular formula is C23H33ClN8O2. The highest BCUT2D eigenvalue weighted by Crippen LogP contribution is 2.33. The predicted octanol–water partition coefficient (Wildman–Crippen LogP) is 1.97. The third-order valence-electron chi connectivity index (χ3n) is 5.69. The van der Waals surface area contributed by atoms with Crippen LogP contribution in [0.25, 0.3) is 0 Å². The summed E-state index contributed by atoms with van der Waals surface area (Å²) in [6.07, 6.45) is 8.17. The third kappa shape index (κ3) is 6.71. The summed E-state index contributed by atoms with van der Waals surface area (Å²) in [6, 6.07) is 4.28. The van der Waals surface area contributed by atoms with Crippen LogP contribution < -0.4 is 33.0 Å². The number of nitrogens with zero attached hydrogens (tertiary/aromatic N) is 3. The van der Waals surface area contributed by atoms with E-state index < -0.39 is 5.91 Å². The van der Waals surface area contributed by atoms with Gasteiger partial charge in [-0.2, -0.15) is 0 Å². The second-order valence-electron chi connectivity index (χ2n) is 8.19. The zero-order valence-corrected chi connectivity index (χ0v) is 20.0. The highest BCUT2D eigenvalue weighted by Gasteiger charge is 2.18. The minimum absolute atomic E-state index is 0.0180. The SMILES string of the molecule is NCCCOc1ccc(CCCCN=C(N)NC(=O)c2nc(Cl)c(N)nc2N)c2c1CCCC2. The third-order valence-corrected chi connectivity index (χ3v) is 5.97. The average Bonchev–Trinajstić information content (AvgIpc) is 2.82. The van der Waals surface area contributed by atoms with Crippen LogP contribution in [0.3, 0.4) is 0 Å². The van der Waals surface area contributed by atoms with Crippen molar-refractivity contribution in [1.82, 2.24) is 15.3 Å². The fourth-order valence-corrected chi connectivity index (χ4v) is 4.12. The Bertz CT molecular complexity index is 1040. The van der Waals surface area contributed by atoms with Crippen molar-refractivity contribution in [2.75, 3.05) is 31.2 Å². The largest absolute Gasteiger partial charge is 0.493 e. The van der Waals surface area contributed by atoms with Crippen molar-refractivity contribution in [3.63, 3.8) is 0 Å². The van der Waals surface area contributed by atoms with Gasteiger partial charge in [-0.15, -0.1) is 0 Å². The molecule has 1 aromatic heterocycles. The lowest BCUT2D eigenvalue weighted by atomic mass is 9.86. The molecule has 0 atom stereocenters. The monoisotopic (exact) mass is 488 g/mol. The molecule has 1 heterocycles. The molecule has 0 saturated heterocycles. The first-order valence-electron chi connectivity index (χ1n) is 11.6. The molecule has 2 aromatic rings. The topological polar surface area (TPSA) is 181 Å². The summed E-state index contributed by atoms with van der Waals surface area (Å²) in [6.45, 7) is 1.77. The number of guanidine groups is 1. The Labute approximate surface area is 204 Å². The van der Waals surface area contributed by atoms with Gasteiger partial charge < -0.3 is 27.7 Å². The Balaban J connectivity index is 1.50. The molecule has 184 valence electrons. The van der Waals surface area contributed by atoms with Gasteiger partial charge >= 0.3 is 0 Å². The molecular weight excluding hydrogens is 456 g/mol. The number of aromatic nitrogens is 2. The molecule has 3 rings (SSSR count). The highest BCUT2D eigenvalue weighted by atomic mass is 35.5. The first-order chi connectivity index (χ1) is 16.4. The number of aliphatic imine (C=N–C) groups is 1. The Morgan fingerprint density at radius 1 is 1.09 bits per heavy atom. The van der Waals surface area contributed by atoms with E-state index in [1.165, 1.54) is 29.5 Å². The predicted molar refractivity (Wildman–Crippen MR) is 135 cm³/mol. The van der Waals surface area contributed by atoms with E-state index in [4.69, 9.17) is 39.3 Å². The van der Waals surface area contributed by atoms with Gasteiger partial charge in [0.15, 0.2) is 28.4 Å².